The van der Waals surface area contributed by atoms with E-state index in [2.05, 4.69) is 5.32 Å². The van der Waals surface area contributed by atoms with Crippen LogP contribution in [0, 0.1) is 0 Å². The normalized spacial score (nSPS) is 10.5. The predicted molar refractivity (Wildman–Crippen MR) is 113 cm³/mol. The third-order valence-corrected chi connectivity index (χ3v) is 4.28. The second kappa shape index (κ2) is 9.65. The Morgan fingerprint density at radius 3 is 2.43 bits per heavy atom. The molecule has 0 heterocycles. The third kappa shape index (κ3) is 4.81. The molecular weight excluding hydrogens is 386 g/mol. The van der Waals surface area contributed by atoms with E-state index in [4.69, 9.17) is 14.2 Å². The van der Waals surface area contributed by atoms with Gasteiger partial charge in [0.05, 0.1) is 13.2 Å². The number of fused-ring (bicyclic) bond motifs is 1. The average molecular weight is 409 g/mol. The zero-order valence-corrected chi connectivity index (χ0v) is 16.8. The summed E-state index contributed by atoms with van der Waals surface area (Å²) in [4.78, 5) is 24.5. The average Bonchev–Trinajstić information content (AvgIpc) is 2.74. The number of nitrogens with one attached hydrogen (secondary N) is 1. The topological polar surface area (TPSA) is 94.1 Å². The lowest BCUT2D eigenvalue weighted by molar-refractivity contribution is -0.119. The van der Waals surface area contributed by atoms with Gasteiger partial charge >= 0.3 is 5.97 Å². The first-order chi connectivity index (χ1) is 14.5. The van der Waals surface area contributed by atoms with Gasteiger partial charge in [0.25, 0.3) is 5.91 Å². The number of esters is 1. The number of phenols is 1. The number of hydrogen-bond acceptors (Lipinski definition) is 6. The van der Waals surface area contributed by atoms with Gasteiger partial charge in [-0.05, 0) is 37.4 Å². The minimum atomic E-state index is -0.782. The SMILES string of the molecule is CCOc1ccc(NC(=O)COC(=O)c2ccc3ccccc3c2O)cc1OCC. The molecule has 0 aromatic heterocycles. The quantitative estimate of drug-likeness (QED) is 0.543. The van der Waals surface area contributed by atoms with Crippen LogP contribution in [-0.4, -0.2) is 36.8 Å². The summed E-state index contributed by atoms with van der Waals surface area (Å²) in [7, 11) is 0. The van der Waals surface area contributed by atoms with Crippen LogP contribution in [0.25, 0.3) is 10.8 Å². The van der Waals surface area contributed by atoms with Crippen LogP contribution in [0.3, 0.4) is 0 Å². The van der Waals surface area contributed by atoms with E-state index in [1.54, 1.807) is 36.4 Å². The Kier molecular flexibility index (Phi) is 6.75. The number of ether oxygens (including phenoxy) is 3. The lowest BCUT2D eigenvalue weighted by Crippen LogP contribution is -2.21. The molecule has 0 aliphatic carbocycles. The maximum absolute atomic E-state index is 12.3. The summed E-state index contributed by atoms with van der Waals surface area (Å²) >= 11 is 0. The van der Waals surface area contributed by atoms with Crippen molar-refractivity contribution >= 4 is 28.3 Å². The molecule has 0 aliphatic rings. The van der Waals surface area contributed by atoms with Crippen molar-refractivity contribution in [3.8, 4) is 17.2 Å². The number of benzene rings is 3. The summed E-state index contributed by atoms with van der Waals surface area (Å²) in [5, 5.41) is 14.3. The molecule has 0 saturated carbocycles. The van der Waals surface area contributed by atoms with Crippen molar-refractivity contribution in [2.45, 2.75) is 13.8 Å². The van der Waals surface area contributed by atoms with Gasteiger partial charge in [-0.25, -0.2) is 4.79 Å². The molecule has 3 rings (SSSR count). The summed E-state index contributed by atoms with van der Waals surface area (Å²) in [6.45, 7) is 4.16. The van der Waals surface area contributed by atoms with Gasteiger partial charge in [-0.2, -0.15) is 0 Å². The minimum absolute atomic E-state index is 0.00111. The Balaban J connectivity index is 1.64. The van der Waals surface area contributed by atoms with E-state index in [0.29, 0.717) is 35.8 Å². The monoisotopic (exact) mass is 409 g/mol. The fourth-order valence-electron chi connectivity index (χ4n) is 2.95. The maximum atomic E-state index is 12.3. The zero-order chi connectivity index (χ0) is 21.5. The number of hydrogen-bond donors (Lipinski definition) is 2. The summed E-state index contributed by atoms with van der Waals surface area (Å²) in [5.74, 6) is -0.387. The van der Waals surface area contributed by atoms with Crippen molar-refractivity contribution in [3.63, 3.8) is 0 Å². The molecule has 0 radical (unpaired) electrons. The van der Waals surface area contributed by atoms with Crippen LogP contribution in [0.5, 0.6) is 17.2 Å². The van der Waals surface area contributed by atoms with Crippen molar-refractivity contribution < 1.29 is 28.9 Å². The zero-order valence-electron chi connectivity index (χ0n) is 16.8. The summed E-state index contributed by atoms with van der Waals surface area (Å²) in [5.41, 5.74) is 0.484. The smallest absolute Gasteiger partial charge is 0.342 e. The molecule has 156 valence electrons. The van der Waals surface area contributed by atoms with Crippen molar-refractivity contribution in [1.82, 2.24) is 0 Å². The van der Waals surface area contributed by atoms with E-state index in [9.17, 15) is 14.7 Å². The van der Waals surface area contributed by atoms with Gasteiger partial charge in [0.2, 0.25) is 0 Å². The molecule has 0 atom stereocenters. The summed E-state index contributed by atoms with van der Waals surface area (Å²) in [6.07, 6.45) is 0. The van der Waals surface area contributed by atoms with E-state index in [1.807, 2.05) is 26.0 Å². The lowest BCUT2D eigenvalue weighted by atomic mass is 10.1. The molecule has 1 amide bonds. The van der Waals surface area contributed by atoms with Crippen LogP contribution in [0.15, 0.2) is 54.6 Å². The number of carbonyl (C=O) groups is 2. The Morgan fingerprint density at radius 2 is 1.67 bits per heavy atom. The summed E-state index contributed by atoms with van der Waals surface area (Å²) < 4.78 is 16.1. The molecule has 0 saturated heterocycles. The number of carbonyl (C=O) groups excluding carboxylic acids is 2. The van der Waals surface area contributed by atoms with Gasteiger partial charge < -0.3 is 24.6 Å². The molecular formula is C23H23NO6. The predicted octanol–water partition coefficient (Wildman–Crippen LogP) is 4.14. The molecule has 2 N–H and O–H groups in total. The molecule has 7 nitrogen and oxygen atoms in total. The van der Waals surface area contributed by atoms with Crippen LogP contribution >= 0.6 is 0 Å². The fraction of sp³-hybridized carbons (Fsp3) is 0.217. The molecule has 3 aromatic carbocycles. The Morgan fingerprint density at radius 1 is 0.933 bits per heavy atom. The molecule has 0 bridgehead atoms. The first kappa shape index (κ1) is 21.0. The van der Waals surface area contributed by atoms with Crippen molar-refractivity contribution in [3.05, 3.63) is 60.2 Å². The standard InChI is InChI=1S/C23H23NO6/c1-3-28-19-12-10-16(13-20(19)29-4-2)24-21(25)14-30-23(27)18-11-9-15-7-5-6-8-17(15)22(18)26/h5-13,26H,3-4,14H2,1-2H3,(H,24,25). The van der Waals surface area contributed by atoms with Crippen molar-refractivity contribution in [1.29, 1.82) is 0 Å². The second-order valence-electron chi connectivity index (χ2n) is 6.33. The number of phenolic OH excluding ortho intramolecular Hbond substituents is 1. The van der Waals surface area contributed by atoms with E-state index < -0.39 is 18.5 Å². The molecule has 0 unspecified atom stereocenters. The van der Waals surface area contributed by atoms with Gasteiger partial charge in [-0.3, -0.25) is 4.79 Å². The van der Waals surface area contributed by atoms with Crippen LogP contribution in [0.1, 0.15) is 24.2 Å². The highest BCUT2D eigenvalue weighted by Gasteiger charge is 2.17. The Bertz CT molecular complexity index is 1060. The first-order valence-corrected chi connectivity index (χ1v) is 9.60. The molecule has 3 aromatic rings. The van der Waals surface area contributed by atoms with Gasteiger partial charge in [-0.1, -0.05) is 30.3 Å². The Hall–Kier alpha value is -3.74. The number of amides is 1. The van der Waals surface area contributed by atoms with Gasteiger partial charge in [0.1, 0.15) is 11.3 Å². The minimum Gasteiger partial charge on any atom is -0.506 e. The van der Waals surface area contributed by atoms with E-state index in [-0.39, 0.29) is 11.3 Å². The van der Waals surface area contributed by atoms with Crippen LogP contribution in [0.4, 0.5) is 5.69 Å². The van der Waals surface area contributed by atoms with Crippen molar-refractivity contribution in [2.75, 3.05) is 25.1 Å². The molecule has 7 heteroatoms. The first-order valence-electron chi connectivity index (χ1n) is 9.60. The highest BCUT2D eigenvalue weighted by Crippen LogP contribution is 2.31. The second-order valence-corrected chi connectivity index (χ2v) is 6.33. The summed E-state index contributed by atoms with van der Waals surface area (Å²) in [6, 6.07) is 15.3. The number of anilines is 1. The number of aromatic hydroxyl groups is 1. The molecule has 30 heavy (non-hydrogen) atoms. The van der Waals surface area contributed by atoms with Crippen LogP contribution < -0.4 is 14.8 Å². The van der Waals surface area contributed by atoms with Crippen molar-refractivity contribution in [2.24, 2.45) is 0 Å². The highest BCUT2D eigenvalue weighted by atomic mass is 16.5. The van der Waals surface area contributed by atoms with E-state index >= 15 is 0 Å². The maximum Gasteiger partial charge on any atom is 0.342 e. The number of rotatable bonds is 8. The van der Waals surface area contributed by atoms with Gasteiger partial charge in [0.15, 0.2) is 18.1 Å². The lowest BCUT2D eigenvalue weighted by Gasteiger charge is -2.13. The van der Waals surface area contributed by atoms with Gasteiger partial charge in [-0.15, -0.1) is 0 Å². The van der Waals surface area contributed by atoms with Crippen LogP contribution in [-0.2, 0) is 9.53 Å². The Labute approximate surface area is 174 Å². The molecule has 0 fully saturated rings. The largest absolute Gasteiger partial charge is 0.506 e. The van der Waals surface area contributed by atoms with E-state index in [1.165, 1.54) is 6.07 Å². The fourth-order valence-corrected chi connectivity index (χ4v) is 2.95. The van der Waals surface area contributed by atoms with Crippen LogP contribution in [0.2, 0.25) is 0 Å². The van der Waals surface area contributed by atoms with E-state index in [0.717, 1.165) is 5.39 Å². The molecule has 0 spiro atoms. The highest BCUT2D eigenvalue weighted by molar-refractivity contribution is 6.02. The van der Waals surface area contributed by atoms with Gasteiger partial charge in [0, 0.05) is 17.1 Å². The third-order valence-electron chi connectivity index (χ3n) is 4.28. The molecule has 0 aliphatic heterocycles.